The molecule has 0 atom stereocenters. The molecule has 0 saturated heterocycles. The number of thiophene rings is 1. The third kappa shape index (κ3) is 3.55. The fourth-order valence-corrected chi connectivity index (χ4v) is 2.88. The number of benzene rings is 1. The van der Waals surface area contributed by atoms with Gasteiger partial charge in [0.2, 0.25) is 0 Å². The van der Waals surface area contributed by atoms with Crippen LogP contribution in [0.15, 0.2) is 35.7 Å². The monoisotopic (exact) mass is 304 g/mol. The van der Waals surface area contributed by atoms with Gasteiger partial charge in [-0.2, -0.15) is 0 Å². The largest absolute Gasteiger partial charge is 0.495 e. The molecule has 4 nitrogen and oxygen atoms in total. The molecular weight excluding hydrogens is 284 g/mol. The summed E-state index contributed by atoms with van der Waals surface area (Å²) in [4.78, 5) is 13.5. The van der Waals surface area contributed by atoms with Gasteiger partial charge in [-0.1, -0.05) is 19.9 Å². The zero-order chi connectivity index (χ0) is 15.5. The number of methoxy groups -OCH3 is 1. The van der Waals surface area contributed by atoms with Crippen LogP contribution in [-0.4, -0.2) is 19.6 Å². The van der Waals surface area contributed by atoms with Gasteiger partial charge in [0.25, 0.3) is 5.91 Å². The minimum absolute atomic E-state index is 0.0954. The Bertz CT molecular complexity index is 621. The molecule has 5 heteroatoms. The number of ether oxygens (including phenoxy) is 1. The van der Waals surface area contributed by atoms with E-state index in [1.165, 1.54) is 4.88 Å². The first-order valence-electron chi connectivity index (χ1n) is 6.70. The SMILES string of the molecule is COc1ccc(C(=O)NCC(C)(C)c2cccs2)cc1N. The molecule has 0 unspecified atom stereocenters. The molecule has 112 valence electrons. The number of anilines is 1. The highest BCUT2D eigenvalue weighted by atomic mass is 32.1. The van der Waals surface area contributed by atoms with Crippen LogP contribution in [0.3, 0.4) is 0 Å². The Labute approximate surface area is 128 Å². The number of nitrogens with two attached hydrogens (primary N) is 1. The van der Waals surface area contributed by atoms with E-state index in [0.717, 1.165) is 0 Å². The molecule has 0 saturated carbocycles. The van der Waals surface area contributed by atoms with Crippen molar-refractivity contribution in [1.29, 1.82) is 0 Å². The van der Waals surface area contributed by atoms with Gasteiger partial charge >= 0.3 is 0 Å². The van der Waals surface area contributed by atoms with Crippen molar-refractivity contribution in [2.24, 2.45) is 0 Å². The van der Waals surface area contributed by atoms with Gasteiger partial charge in [0.05, 0.1) is 12.8 Å². The topological polar surface area (TPSA) is 64.3 Å². The van der Waals surface area contributed by atoms with Crippen LogP contribution in [0.25, 0.3) is 0 Å². The minimum atomic E-state index is -0.131. The van der Waals surface area contributed by atoms with Crippen LogP contribution in [0.5, 0.6) is 5.75 Å². The van der Waals surface area contributed by atoms with Crippen LogP contribution in [0, 0.1) is 0 Å². The Hall–Kier alpha value is -2.01. The number of hydrogen-bond acceptors (Lipinski definition) is 4. The zero-order valence-corrected chi connectivity index (χ0v) is 13.3. The number of carbonyl (C=O) groups is 1. The van der Waals surface area contributed by atoms with Crippen LogP contribution < -0.4 is 15.8 Å². The standard InChI is InChI=1S/C16H20N2O2S/c1-16(2,14-5-4-8-21-14)10-18-15(19)11-6-7-13(20-3)12(17)9-11/h4-9H,10,17H2,1-3H3,(H,18,19). The summed E-state index contributed by atoms with van der Waals surface area (Å²) in [5.74, 6) is 0.444. The Morgan fingerprint density at radius 1 is 1.38 bits per heavy atom. The third-order valence-corrected chi connectivity index (χ3v) is 4.61. The number of rotatable bonds is 5. The van der Waals surface area contributed by atoms with E-state index >= 15 is 0 Å². The van der Waals surface area contributed by atoms with Crippen molar-refractivity contribution in [1.82, 2.24) is 5.32 Å². The van der Waals surface area contributed by atoms with Crippen molar-refractivity contribution in [2.45, 2.75) is 19.3 Å². The number of nitrogens with one attached hydrogen (secondary N) is 1. The Morgan fingerprint density at radius 2 is 2.14 bits per heavy atom. The van der Waals surface area contributed by atoms with E-state index in [9.17, 15) is 4.79 Å². The average molecular weight is 304 g/mol. The molecule has 1 heterocycles. The van der Waals surface area contributed by atoms with Crippen LogP contribution >= 0.6 is 11.3 Å². The summed E-state index contributed by atoms with van der Waals surface area (Å²) in [6, 6.07) is 9.15. The first kappa shape index (κ1) is 15.4. The first-order chi connectivity index (χ1) is 9.94. The maximum atomic E-state index is 12.2. The van der Waals surface area contributed by atoms with Crippen molar-refractivity contribution in [3.63, 3.8) is 0 Å². The van der Waals surface area contributed by atoms with Gasteiger partial charge in [-0.05, 0) is 29.6 Å². The second kappa shape index (κ2) is 6.18. The predicted octanol–water partition coefficient (Wildman–Crippen LogP) is 3.05. The van der Waals surface area contributed by atoms with E-state index in [1.807, 2.05) is 11.4 Å². The molecule has 1 amide bonds. The fourth-order valence-electron chi connectivity index (χ4n) is 2.03. The van der Waals surface area contributed by atoms with Gasteiger partial charge in [0, 0.05) is 22.4 Å². The molecule has 21 heavy (non-hydrogen) atoms. The molecule has 2 aromatic rings. The summed E-state index contributed by atoms with van der Waals surface area (Å²) >= 11 is 1.70. The van der Waals surface area contributed by atoms with E-state index in [2.05, 4.69) is 25.2 Å². The number of amides is 1. The number of hydrogen-bond donors (Lipinski definition) is 2. The number of nitrogen functional groups attached to an aromatic ring is 1. The molecule has 0 fully saturated rings. The second-order valence-corrected chi connectivity index (χ2v) is 6.45. The van der Waals surface area contributed by atoms with Gasteiger partial charge in [-0.25, -0.2) is 0 Å². The Kier molecular flexibility index (Phi) is 4.53. The highest BCUT2D eigenvalue weighted by Crippen LogP contribution is 2.27. The van der Waals surface area contributed by atoms with E-state index in [1.54, 1.807) is 36.6 Å². The first-order valence-corrected chi connectivity index (χ1v) is 7.58. The lowest BCUT2D eigenvalue weighted by Gasteiger charge is -2.23. The van der Waals surface area contributed by atoms with Gasteiger partial charge < -0.3 is 15.8 Å². The lowest BCUT2D eigenvalue weighted by Crippen LogP contribution is -2.36. The van der Waals surface area contributed by atoms with Crippen LogP contribution in [0.1, 0.15) is 29.1 Å². The van der Waals surface area contributed by atoms with E-state index in [-0.39, 0.29) is 11.3 Å². The summed E-state index contributed by atoms with van der Waals surface area (Å²) in [7, 11) is 1.55. The smallest absolute Gasteiger partial charge is 0.251 e. The maximum absolute atomic E-state index is 12.2. The predicted molar refractivity (Wildman–Crippen MR) is 87.1 cm³/mol. The third-order valence-electron chi connectivity index (χ3n) is 3.37. The highest BCUT2D eigenvalue weighted by Gasteiger charge is 2.22. The van der Waals surface area contributed by atoms with E-state index in [4.69, 9.17) is 10.5 Å². The molecule has 1 aromatic heterocycles. The van der Waals surface area contributed by atoms with Crippen molar-refractivity contribution < 1.29 is 9.53 Å². The van der Waals surface area contributed by atoms with Crippen molar-refractivity contribution in [3.05, 3.63) is 46.2 Å². The van der Waals surface area contributed by atoms with Gasteiger partial charge in [0.1, 0.15) is 5.75 Å². The summed E-state index contributed by atoms with van der Waals surface area (Å²) < 4.78 is 5.09. The van der Waals surface area contributed by atoms with Crippen molar-refractivity contribution >= 4 is 22.9 Å². The molecule has 0 aliphatic heterocycles. The molecule has 0 spiro atoms. The second-order valence-electron chi connectivity index (χ2n) is 5.50. The zero-order valence-electron chi connectivity index (χ0n) is 12.5. The van der Waals surface area contributed by atoms with Crippen LogP contribution in [-0.2, 0) is 5.41 Å². The molecule has 0 aliphatic rings. The molecular formula is C16H20N2O2S. The quantitative estimate of drug-likeness (QED) is 0.835. The van der Waals surface area contributed by atoms with Gasteiger partial charge in [-0.3, -0.25) is 4.79 Å². The van der Waals surface area contributed by atoms with Gasteiger partial charge in [0.15, 0.2) is 0 Å². The molecule has 0 bridgehead atoms. The lowest BCUT2D eigenvalue weighted by molar-refractivity contribution is 0.0946. The molecule has 0 radical (unpaired) electrons. The Morgan fingerprint density at radius 3 is 2.71 bits per heavy atom. The normalized spacial score (nSPS) is 11.2. The average Bonchev–Trinajstić information content (AvgIpc) is 2.99. The van der Waals surface area contributed by atoms with Crippen molar-refractivity contribution in [2.75, 3.05) is 19.4 Å². The highest BCUT2D eigenvalue weighted by molar-refractivity contribution is 7.10. The van der Waals surface area contributed by atoms with Crippen LogP contribution in [0.4, 0.5) is 5.69 Å². The summed E-state index contributed by atoms with van der Waals surface area (Å²) in [6.45, 7) is 4.79. The molecule has 3 N–H and O–H groups in total. The molecule has 0 aliphatic carbocycles. The summed E-state index contributed by atoms with van der Waals surface area (Å²) in [5.41, 5.74) is 6.73. The minimum Gasteiger partial charge on any atom is -0.495 e. The Balaban J connectivity index is 2.03. The summed E-state index contributed by atoms with van der Waals surface area (Å²) in [5, 5.41) is 5.01. The molecule has 1 aromatic carbocycles. The van der Waals surface area contributed by atoms with Gasteiger partial charge in [-0.15, -0.1) is 11.3 Å². The van der Waals surface area contributed by atoms with Crippen molar-refractivity contribution in [3.8, 4) is 5.75 Å². The summed E-state index contributed by atoms with van der Waals surface area (Å²) in [6.07, 6.45) is 0. The lowest BCUT2D eigenvalue weighted by atomic mass is 9.91. The number of carbonyl (C=O) groups excluding carboxylic acids is 1. The van der Waals surface area contributed by atoms with E-state index < -0.39 is 0 Å². The maximum Gasteiger partial charge on any atom is 0.251 e. The fraction of sp³-hybridized carbons (Fsp3) is 0.312. The molecule has 2 rings (SSSR count). The van der Waals surface area contributed by atoms with E-state index in [0.29, 0.717) is 23.5 Å². The van der Waals surface area contributed by atoms with Crippen LogP contribution in [0.2, 0.25) is 0 Å².